The molecule has 0 amide bonds. The molecule has 0 fully saturated rings. The van der Waals surface area contributed by atoms with Crippen molar-refractivity contribution in [3.8, 4) is 0 Å². The van der Waals surface area contributed by atoms with E-state index in [9.17, 15) is 20.4 Å². The predicted molar refractivity (Wildman–Crippen MR) is 55.1 cm³/mol. The van der Waals surface area contributed by atoms with Gasteiger partial charge in [-0.1, -0.05) is 11.1 Å². The molecule has 2 heterocycles. The third kappa shape index (κ3) is 6.57. The average molecular weight is 282 g/mol. The van der Waals surface area contributed by atoms with Crippen LogP contribution in [-0.2, 0) is 0 Å². The number of hydrogen-bond donors (Lipinski definition) is 0. The second-order valence-corrected chi connectivity index (χ2v) is 5.25. The number of thioether (sulfide) groups is 2. The number of rotatable bonds is 1. The SMILES string of the molecule is [Li+].[Li+].[Li+].[Li+].[O-]C([O-])=C1C=C(C2=CC(=C([O-])[O-])CS2)SC1. The minimum Gasteiger partial charge on any atom is -0.884 e. The second-order valence-electron chi connectivity index (χ2n) is 3.22. The first-order valence-corrected chi connectivity index (χ1v) is 6.39. The third-order valence-corrected chi connectivity index (χ3v) is 4.48. The van der Waals surface area contributed by atoms with Crippen molar-refractivity contribution in [1.82, 2.24) is 0 Å². The molecule has 0 aromatic rings. The normalized spacial score (nSPS) is 15.8. The van der Waals surface area contributed by atoms with E-state index < -0.39 is 11.9 Å². The van der Waals surface area contributed by atoms with Gasteiger partial charge in [-0.3, -0.25) is 0 Å². The maximum absolute atomic E-state index is 10.6. The zero-order valence-electron chi connectivity index (χ0n) is 12.0. The van der Waals surface area contributed by atoms with Crippen LogP contribution >= 0.6 is 23.5 Å². The molecule has 0 saturated carbocycles. The molecule has 0 radical (unpaired) electrons. The van der Waals surface area contributed by atoms with Gasteiger partial charge in [0.15, 0.2) is 0 Å². The minimum atomic E-state index is -1.17. The Kier molecular flexibility index (Phi) is 15.4. The van der Waals surface area contributed by atoms with E-state index in [1.807, 2.05) is 0 Å². The van der Waals surface area contributed by atoms with Gasteiger partial charge in [-0.2, -0.15) is 0 Å². The molecule has 2 aliphatic heterocycles. The Labute approximate surface area is 174 Å². The Hall–Kier alpha value is 1.25. The van der Waals surface area contributed by atoms with Gasteiger partial charge in [0, 0.05) is 21.3 Å². The van der Waals surface area contributed by atoms with Gasteiger partial charge in [0.2, 0.25) is 0 Å². The van der Waals surface area contributed by atoms with Crippen molar-refractivity contribution in [2.75, 3.05) is 11.5 Å². The molecule has 0 saturated heterocycles. The van der Waals surface area contributed by atoms with Crippen LogP contribution in [0.3, 0.4) is 0 Å². The summed E-state index contributed by atoms with van der Waals surface area (Å²) in [6, 6.07) is 0. The monoisotopic (exact) mass is 282 g/mol. The van der Waals surface area contributed by atoms with Crippen LogP contribution in [0.15, 0.2) is 45.0 Å². The van der Waals surface area contributed by atoms with Crippen LogP contribution in [0, 0.1) is 0 Å². The largest absolute Gasteiger partial charge is 1.00 e. The van der Waals surface area contributed by atoms with Crippen molar-refractivity contribution < 1.29 is 95.9 Å². The number of allylic oxidation sites excluding steroid dienone is 2. The molecular weight excluding hydrogens is 276 g/mol. The fourth-order valence-electron chi connectivity index (χ4n) is 1.31. The molecule has 0 bridgehead atoms. The zero-order valence-corrected chi connectivity index (χ0v) is 13.7. The number of hydrogen-bond acceptors (Lipinski definition) is 6. The van der Waals surface area contributed by atoms with Crippen LogP contribution in [0.5, 0.6) is 0 Å². The fraction of sp³-hybridized carbons (Fsp3) is 0.200. The molecule has 2 aliphatic rings. The van der Waals surface area contributed by atoms with E-state index in [0.29, 0.717) is 11.5 Å². The van der Waals surface area contributed by atoms with Crippen molar-refractivity contribution in [1.29, 1.82) is 0 Å². The molecule has 0 atom stereocenters. The van der Waals surface area contributed by atoms with E-state index in [2.05, 4.69) is 0 Å². The van der Waals surface area contributed by atoms with Crippen LogP contribution in [0.2, 0.25) is 0 Å². The van der Waals surface area contributed by atoms with Crippen LogP contribution in [0.25, 0.3) is 0 Å². The van der Waals surface area contributed by atoms with Crippen molar-refractivity contribution in [2.45, 2.75) is 0 Å². The van der Waals surface area contributed by atoms with Gasteiger partial charge in [0.25, 0.3) is 0 Å². The Bertz CT molecular complexity index is 410. The molecule has 0 spiro atoms. The topological polar surface area (TPSA) is 92.2 Å². The summed E-state index contributed by atoms with van der Waals surface area (Å²) in [5.41, 5.74) is 0.479. The maximum atomic E-state index is 10.6. The van der Waals surface area contributed by atoms with Crippen molar-refractivity contribution in [3.63, 3.8) is 0 Å². The van der Waals surface area contributed by atoms with Crippen LogP contribution in [0.4, 0.5) is 0 Å². The summed E-state index contributed by atoms with van der Waals surface area (Å²) in [5, 5.41) is 42.4. The van der Waals surface area contributed by atoms with Gasteiger partial charge in [0.05, 0.1) is 0 Å². The Balaban J connectivity index is -0.000000722. The predicted octanol–water partition coefficient (Wildman–Crippen LogP) is -13.9. The van der Waals surface area contributed by atoms with E-state index in [4.69, 9.17) is 0 Å². The van der Waals surface area contributed by atoms with E-state index in [1.165, 1.54) is 35.7 Å². The minimum absolute atomic E-state index is 0. The molecule has 20 heavy (non-hydrogen) atoms. The molecular formula is C10H6Li4O4S2. The summed E-state index contributed by atoms with van der Waals surface area (Å²) in [4.78, 5) is 1.58. The Morgan fingerprint density at radius 3 is 1.20 bits per heavy atom. The third-order valence-electron chi connectivity index (χ3n) is 2.14. The summed E-state index contributed by atoms with van der Waals surface area (Å²) < 4.78 is 0. The average Bonchev–Trinajstić information content (AvgIpc) is 2.86. The first kappa shape index (κ1) is 26.2. The fourth-order valence-corrected chi connectivity index (χ4v) is 3.55. The molecule has 0 aliphatic carbocycles. The van der Waals surface area contributed by atoms with Gasteiger partial charge in [-0.25, -0.2) is 11.9 Å². The van der Waals surface area contributed by atoms with Gasteiger partial charge < -0.3 is 20.4 Å². The first-order chi connectivity index (χ1) is 7.58. The Morgan fingerprint density at radius 2 is 1.00 bits per heavy atom. The van der Waals surface area contributed by atoms with E-state index in [0.717, 1.165) is 9.81 Å². The Morgan fingerprint density at radius 1 is 0.700 bits per heavy atom. The van der Waals surface area contributed by atoms with E-state index >= 15 is 0 Å². The van der Waals surface area contributed by atoms with Crippen molar-refractivity contribution >= 4 is 23.5 Å². The van der Waals surface area contributed by atoms with Crippen LogP contribution in [-0.4, -0.2) is 11.5 Å². The maximum Gasteiger partial charge on any atom is 1.00 e. The molecule has 4 nitrogen and oxygen atoms in total. The van der Waals surface area contributed by atoms with Crippen molar-refractivity contribution in [2.24, 2.45) is 0 Å². The summed E-state index contributed by atoms with van der Waals surface area (Å²) in [5.74, 6) is -1.60. The van der Waals surface area contributed by atoms with E-state index in [-0.39, 0.29) is 86.6 Å². The second kappa shape index (κ2) is 11.8. The standard InChI is InChI=1S/C10H10O4S2.4Li/c11-9(12)5-1-7(15-3-5)8-2-6(4-16-8)10(13)14;;;;/h1-2,11-14H,3-4H2;;;;/q;4*+1/p-4. The van der Waals surface area contributed by atoms with Gasteiger partial charge in [-0.05, 0) is 12.2 Å². The molecule has 2 rings (SSSR count). The molecule has 0 aromatic carbocycles. The van der Waals surface area contributed by atoms with Crippen LogP contribution < -0.4 is 95.9 Å². The molecule has 0 unspecified atom stereocenters. The van der Waals surface area contributed by atoms with Gasteiger partial charge in [-0.15, -0.1) is 23.5 Å². The summed E-state index contributed by atoms with van der Waals surface area (Å²) in [6.45, 7) is 0. The van der Waals surface area contributed by atoms with Gasteiger partial charge in [0.1, 0.15) is 0 Å². The molecule has 0 aromatic heterocycles. The zero-order chi connectivity index (χ0) is 11.7. The first-order valence-electron chi connectivity index (χ1n) is 4.41. The summed E-state index contributed by atoms with van der Waals surface area (Å²) in [6.07, 6.45) is 3.08. The van der Waals surface area contributed by atoms with E-state index in [1.54, 1.807) is 0 Å². The smallest absolute Gasteiger partial charge is 0.884 e. The quantitative estimate of drug-likeness (QED) is 0.350. The van der Waals surface area contributed by atoms with Gasteiger partial charge >= 0.3 is 75.4 Å². The summed E-state index contributed by atoms with van der Waals surface area (Å²) in [7, 11) is 0. The molecule has 86 valence electrons. The summed E-state index contributed by atoms with van der Waals surface area (Å²) >= 11 is 2.75. The van der Waals surface area contributed by atoms with Crippen LogP contribution in [0.1, 0.15) is 0 Å². The molecule has 10 heteroatoms. The van der Waals surface area contributed by atoms with Crippen molar-refractivity contribution in [3.05, 3.63) is 45.0 Å². The molecule has 0 N–H and O–H groups in total.